The minimum atomic E-state index is -0.0597. The van der Waals surface area contributed by atoms with E-state index < -0.39 is 0 Å². The minimum absolute atomic E-state index is 0.00540. The molecule has 1 saturated heterocycles. The van der Waals surface area contributed by atoms with Crippen molar-refractivity contribution in [1.82, 2.24) is 19.7 Å². The summed E-state index contributed by atoms with van der Waals surface area (Å²) in [6.45, 7) is 5.87. The van der Waals surface area contributed by atoms with Gasteiger partial charge in [0.2, 0.25) is 5.91 Å². The number of pyridine rings is 1. The van der Waals surface area contributed by atoms with Crippen molar-refractivity contribution in [2.24, 2.45) is 5.73 Å². The molecule has 1 aliphatic heterocycles. The quantitative estimate of drug-likeness (QED) is 0.554. The molecule has 0 unspecified atom stereocenters. The van der Waals surface area contributed by atoms with Gasteiger partial charge in [0.25, 0.3) is 5.56 Å². The average Bonchev–Trinajstić information content (AvgIpc) is 3.15. The molecule has 3 heterocycles. The maximum Gasteiger partial charge on any atom is 0.262 e. The number of nitrogens with one attached hydrogen (secondary N) is 2. The van der Waals surface area contributed by atoms with Gasteiger partial charge in [-0.1, -0.05) is 6.42 Å². The normalized spacial score (nSPS) is 15.1. The van der Waals surface area contributed by atoms with E-state index in [-0.39, 0.29) is 11.5 Å². The van der Waals surface area contributed by atoms with Crippen molar-refractivity contribution < 1.29 is 4.79 Å². The summed E-state index contributed by atoms with van der Waals surface area (Å²) in [5.41, 5.74) is 8.52. The highest BCUT2D eigenvalue weighted by Crippen LogP contribution is 2.26. The molecule has 8 heteroatoms. The fourth-order valence-corrected chi connectivity index (χ4v) is 4.31. The van der Waals surface area contributed by atoms with Crippen molar-refractivity contribution >= 4 is 33.4 Å². The van der Waals surface area contributed by atoms with Crippen LogP contribution in [0.1, 0.15) is 37.8 Å². The predicted octanol–water partition coefficient (Wildman–Crippen LogP) is 2.35. The van der Waals surface area contributed by atoms with Crippen molar-refractivity contribution in [3.63, 3.8) is 0 Å². The van der Waals surface area contributed by atoms with Crippen molar-refractivity contribution in [2.75, 3.05) is 31.5 Å². The summed E-state index contributed by atoms with van der Waals surface area (Å²) in [7, 11) is 0. The molecule has 1 aromatic carbocycles. The van der Waals surface area contributed by atoms with Crippen LogP contribution in [-0.4, -0.2) is 51.8 Å². The molecule has 30 heavy (non-hydrogen) atoms. The summed E-state index contributed by atoms with van der Waals surface area (Å²) < 4.78 is 1.76. The van der Waals surface area contributed by atoms with E-state index in [0.29, 0.717) is 36.8 Å². The van der Waals surface area contributed by atoms with Crippen LogP contribution < -0.4 is 16.6 Å². The first-order valence-electron chi connectivity index (χ1n) is 10.8. The molecule has 0 radical (unpaired) electrons. The van der Waals surface area contributed by atoms with Gasteiger partial charge in [-0.05, 0) is 64.0 Å². The Morgan fingerprint density at radius 2 is 2.03 bits per heavy atom. The molecule has 2 aromatic heterocycles. The molecule has 8 nitrogen and oxygen atoms in total. The Balaban J connectivity index is 1.61. The summed E-state index contributed by atoms with van der Waals surface area (Å²) in [6, 6.07) is 5.65. The third-order valence-electron chi connectivity index (χ3n) is 5.92. The zero-order chi connectivity index (χ0) is 21.1. The Kier molecular flexibility index (Phi) is 6.15. The van der Waals surface area contributed by atoms with Crippen LogP contribution in [0, 0.1) is 6.92 Å². The van der Waals surface area contributed by atoms with Crippen LogP contribution in [0.4, 0.5) is 5.69 Å². The number of carbonyl (C=O) groups is 1. The molecule has 4 N–H and O–H groups in total. The number of anilines is 1. The molecule has 1 fully saturated rings. The van der Waals surface area contributed by atoms with Crippen LogP contribution >= 0.6 is 0 Å². The number of fused-ring (bicyclic) bond motifs is 3. The molecule has 0 atom stereocenters. The molecule has 0 aliphatic carbocycles. The summed E-state index contributed by atoms with van der Waals surface area (Å²) in [5, 5.41) is 11.7. The van der Waals surface area contributed by atoms with Gasteiger partial charge >= 0.3 is 0 Å². The van der Waals surface area contributed by atoms with Gasteiger partial charge in [0.15, 0.2) is 0 Å². The van der Waals surface area contributed by atoms with Crippen molar-refractivity contribution in [2.45, 2.75) is 45.6 Å². The standard InChI is InChI=1S/C22H30N6O2/c1-15-20-21(26-25-15)17-14-16(6-7-18(17)28(22(20)30)12-5-9-23)24-19(29)8-13-27-10-3-2-4-11-27/h6-7,14H,2-5,8-13,23H2,1H3,(H,24,29)(H,25,26). The number of aryl methyl sites for hydroxylation is 2. The van der Waals surface area contributed by atoms with Gasteiger partial charge in [0.05, 0.1) is 10.9 Å². The lowest BCUT2D eigenvalue weighted by Crippen LogP contribution is -2.32. The molecule has 0 spiro atoms. The summed E-state index contributed by atoms with van der Waals surface area (Å²) >= 11 is 0. The first-order chi connectivity index (χ1) is 14.6. The average molecular weight is 411 g/mol. The van der Waals surface area contributed by atoms with E-state index >= 15 is 0 Å². The fourth-order valence-electron chi connectivity index (χ4n) is 4.31. The number of likely N-dealkylation sites (tertiary alicyclic amines) is 1. The highest BCUT2D eigenvalue weighted by atomic mass is 16.1. The van der Waals surface area contributed by atoms with E-state index in [1.165, 1.54) is 19.3 Å². The second kappa shape index (κ2) is 8.97. The Labute approximate surface area is 175 Å². The third-order valence-corrected chi connectivity index (χ3v) is 5.92. The van der Waals surface area contributed by atoms with Crippen LogP contribution in [0.2, 0.25) is 0 Å². The summed E-state index contributed by atoms with van der Waals surface area (Å²) in [6.07, 6.45) is 4.92. The van der Waals surface area contributed by atoms with E-state index in [1.807, 2.05) is 25.1 Å². The molecule has 160 valence electrons. The number of aromatic nitrogens is 3. The second-order valence-electron chi connectivity index (χ2n) is 8.10. The molecule has 0 saturated carbocycles. The zero-order valence-electron chi connectivity index (χ0n) is 17.5. The van der Waals surface area contributed by atoms with Crippen molar-refractivity contribution in [3.8, 4) is 0 Å². The molecule has 1 aliphatic rings. The highest BCUT2D eigenvalue weighted by molar-refractivity contribution is 6.06. The number of hydrogen-bond donors (Lipinski definition) is 3. The van der Waals surface area contributed by atoms with Gasteiger partial charge in [-0.2, -0.15) is 5.10 Å². The molecule has 4 rings (SSSR count). The number of amides is 1. The number of aromatic amines is 1. The van der Waals surface area contributed by atoms with Gasteiger partial charge in [-0.3, -0.25) is 14.7 Å². The Hall–Kier alpha value is -2.71. The van der Waals surface area contributed by atoms with Crippen LogP contribution in [0.25, 0.3) is 21.8 Å². The number of piperidine rings is 1. The smallest absolute Gasteiger partial charge is 0.262 e. The maximum atomic E-state index is 13.0. The lowest BCUT2D eigenvalue weighted by atomic mass is 10.1. The van der Waals surface area contributed by atoms with Crippen LogP contribution in [0.3, 0.4) is 0 Å². The third kappa shape index (κ3) is 4.11. The zero-order valence-corrected chi connectivity index (χ0v) is 17.5. The lowest BCUT2D eigenvalue weighted by Gasteiger charge is -2.25. The number of hydrogen-bond acceptors (Lipinski definition) is 5. The summed E-state index contributed by atoms with van der Waals surface area (Å²) in [4.78, 5) is 27.9. The molecular weight excluding hydrogens is 380 g/mol. The Bertz CT molecular complexity index is 1110. The van der Waals surface area contributed by atoms with Gasteiger partial charge in [-0.25, -0.2) is 0 Å². The van der Waals surface area contributed by atoms with Gasteiger partial charge in [0, 0.05) is 36.3 Å². The first-order valence-corrected chi connectivity index (χ1v) is 10.8. The predicted molar refractivity (Wildman–Crippen MR) is 120 cm³/mol. The van der Waals surface area contributed by atoms with E-state index in [1.54, 1.807) is 4.57 Å². The molecule has 0 bridgehead atoms. The minimum Gasteiger partial charge on any atom is -0.330 e. The maximum absolute atomic E-state index is 13.0. The van der Waals surface area contributed by atoms with Crippen molar-refractivity contribution in [1.29, 1.82) is 0 Å². The summed E-state index contributed by atoms with van der Waals surface area (Å²) in [5.74, 6) is 0.00540. The van der Waals surface area contributed by atoms with E-state index in [9.17, 15) is 9.59 Å². The number of nitrogens with zero attached hydrogens (tertiary/aromatic N) is 3. The first kappa shape index (κ1) is 20.6. The molecule has 3 aromatic rings. The SMILES string of the molecule is Cc1[nH]nc2c1c(=O)n(CCCN)c1ccc(NC(=O)CCN3CCCCC3)cc21. The Morgan fingerprint density at radius 3 is 2.80 bits per heavy atom. The number of nitrogens with two attached hydrogens (primary N) is 1. The number of carbonyl (C=O) groups excluding carboxylic acids is 1. The van der Waals surface area contributed by atoms with Crippen LogP contribution in [0.15, 0.2) is 23.0 Å². The lowest BCUT2D eigenvalue weighted by molar-refractivity contribution is -0.116. The highest BCUT2D eigenvalue weighted by Gasteiger charge is 2.16. The Morgan fingerprint density at radius 1 is 1.23 bits per heavy atom. The topological polar surface area (TPSA) is 109 Å². The second-order valence-corrected chi connectivity index (χ2v) is 8.10. The molecular formula is C22H30N6O2. The van der Waals surface area contributed by atoms with E-state index in [0.717, 1.165) is 41.9 Å². The van der Waals surface area contributed by atoms with Crippen LogP contribution in [0.5, 0.6) is 0 Å². The van der Waals surface area contributed by atoms with E-state index in [4.69, 9.17) is 5.73 Å². The number of H-pyrrole nitrogens is 1. The van der Waals surface area contributed by atoms with Gasteiger partial charge < -0.3 is 20.5 Å². The van der Waals surface area contributed by atoms with E-state index in [2.05, 4.69) is 20.4 Å². The monoisotopic (exact) mass is 410 g/mol. The van der Waals surface area contributed by atoms with Crippen LogP contribution in [-0.2, 0) is 11.3 Å². The number of benzene rings is 1. The molecule has 1 amide bonds. The van der Waals surface area contributed by atoms with Crippen molar-refractivity contribution in [3.05, 3.63) is 34.2 Å². The largest absolute Gasteiger partial charge is 0.330 e. The van der Waals surface area contributed by atoms with Gasteiger partial charge in [-0.15, -0.1) is 0 Å². The van der Waals surface area contributed by atoms with Gasteiger partial charge in [0.1, 0.15) is 5.52 Å². The fraction of sp³-hybridized carbons (Fsp3) is 0.500. The number of rotatable bonds is 7.